The smallest absolute Gasteiger partial charge is 0.306 e. The van der Waals surface area contributed by atoms with Gasteiger partial charge in [0.05, 0.1) is 5.69 Å². The van der Waals surface area contributed by atoms with Gasteiger partial charge in [0.15, 0.2) is 11.9 Å². The fourth-order valence-electron chi connectivity index (χ4n) is 2.46. The molecule has 0 bridgehead atoms. The molecule has 1 amide bonds. The van der Waals surface area contributed by atoms with E-state index in [2.05, 4.69) is 5.32 Å². The molecule has 0 saturated carbocycles. The van der Waals surface area contributed by atoms with Gasteiger partial charge in [0.25, 0.3) is 5.91 Å². The van der Waals surface area contributed by atoms with Crippen LogP contribution in [0.4, 0.5) is 5.69 Å². The summed E-state index contributed by atoms with van der Waals surface area (Å²) in [5.41, 5.74) is 1.35. The maximum absolute atomic E-state index is 12.6. The zero-order valence-corrected chi connectivity index (χ0v) is 12.3. The molecule has 1 atom stereocenters. The number of cyclic esters (lactones) is 1. The number of anilines is 1. The molecule has 5 heteroatoms. The minimum absolute atomic E-state index is 0.176. The number of hydrogen-bond acceptors (Lipinski definition) is 4. The van der Waals surface area contributed by atoms with Gasteiger partial charge in [0.1, 0.15) is 0 Å². The first-order valence-corrected chi connectivity index (χ1v) is 7.34. The number of rotatable bonds is 4. The highest BCUT2D eigenvalue weighted by molar-refractivity contribution is 6.14. The molecular formula is C18H15NO4. The topological polar surface area (TPSA) is 72.5 Å². The number of carbonyl (C=O) groups is 3. The number of para-hydroxylation sites is 1. The third-order valence-electron chi connectivity index (χ3n) is 3.64. The van der Waals surface area contributed by atoms with E-state index in [4.69, 9.17) is 4.74 Å². The lowest BCUT2D eigenvalue weighted by atomic mass is 10.0. The SMILES string of the molecule is O=C1CCC(C(=O)Nc2ccccc2C(=O)c2ccccc2)O1. The molecular weight excluding hydrogens is 294 g/mol. The third-order valence-corrected chi connectivity index (χ3v) is 3.64. The Kier molecular flexibility index (Phi) is 4.19. The van der Waals surface area contributed by atoms with Crippen LogP contribution in [0.2, 0.25) is 0 Å². The van der Waals surface area contributed by atoms with E-state index >= 15 is 0 Å². The van der Waals surface area contributed by atoms with Gasteiger partial charge in [-0.1, -0.05) is 42.5 Å². The fraction of sp³-hybridized carbons (Fsp3) is 0.167. The molecule has 0 radical (unpaired) electrons. The van der Waals surface area contributed by atoms with Crippen molar-refractivity contribution in [1.29, 1.82) is 0 Å². The molecule has 23 heavy (non-hydrogen) atoms. The number of benzene rings is 2. The second-order valence-electron chi connectivity index (χ2n) is 5.25. The van der Waals surface area contributed by atoms with Crippen molar-refractivity contribution >= 4 is 23.3 Å². The van der Waals surface area contributed by atoms with Gasteiger partial charge >= 0.3 is 5.97 Å². The van der Waals surface area contributed by atoms with Crippen LogP contribution in [0.3, 0.4) is 0 Å². The summed E-state index contributed by atoms with van der Waals surface area (Å²) in [5.74, 6) is -0.965. The quantitative estimate of drug-likeness (QED) is 0.696. The predicted octanol–water partition coefficient (Wildman–Crippen LogP) is 2.56. The Bertz CT molecular complexity index is 755. The van der Waals surface area contributed by atoms with Crippen molar-refractivity contribution in [3.8, 4) is 0 Å². The van der Waals surface area contributed by atoms with Gasteiger partial charge in [-0.3, -0.25) is 14.4 Å². The summed E-state index contributed by atoms with van der Waals surface area (Å²) < 4.78 is 4.94. The van der Waals surface area contributed by atoms with Crippen LogP contribution in [0.1, 0.15) is 28.8 Å². The molecule has 0 aliphatic carbocycles. The second-order valence-corrected chi connectivity index (χ2v) is 5.25. The standard InChI is InChI=1S/C18H15NO4/c20-16-11-10-15(23-16)18(22)19-14-9-5-4-8-13(14)17(21)12-6-2-1-3-7-12/h1-9,15H,10-11H2,(H,19,22). The zero-order chi connectivity index (χ0) is 16.2. The van der Waals surface area contributed by atoms with Crippen molar-refractivity contribution < 1.29 is 19.1 Å². The van der Waals surface area contributed by atoms with E-state index in [-0.39, 0.29) is 18.2 Å². The number of amides is 1. The first-order valence-electron chi connectivity index (χ1n) is 7.34. The van der Waals surface area contributed by atoms with Gasteiger partial charge in [-0.2, -0.15) is 0 Å². The molecule has 2 aromatic carbocycles. The Morgan fingerprint density at radius 2 is 1.70 bits per heavy atom. The zero-order valence-electron chi connectivity index (χ0n) is 12.3. The van der Waals surface area contributed by atoms with Crippen LogP contribution in [0.5, 0.6) is 0 Å². The Hall–Kier alpha value is -2.95. The minimum atomic E-state index is -0.789. The number of ether oxygens (including phenoxy) is 1. The van der Waals surface area contributed by atoms with Crippen molar-refractivity contribution in [2.45, 2.75) is 18.9 Å². The molecule has 0 aromatic heterocycles. The van der Waals surface area contributed by atoms with Crippen molar-refractivity contribution in [2.24, 2.45) is 0 Å². The van der Waals surface area contributed by atoms with E-state index in [1.54, 1.807) is 48.5 Å². The monoisotopic (exact) mass is 309 g/mol. The number of hydrogen-bond donors (Lipinski definition) is 1. The lowest BCUT2D eigenvalue weighted by molar-refractivity contribution is -0.146. The Labute approximate surface area is 133 Å². The van der Waals surface area contributed by atoms with Crippen LogP contribution in [0.25, 0.3) is 0 Å². The third kappa shape index (κ3) is 3.29. The van der Waals surface area contributed by atoms with Crippen molar-refractivity contribution in [3.63, 3.8) is 0 Å². The van der Waals surface area contributed by atoms with E-state index in [9.17, 15) is 14.4 Å². The second kappa shape index (κ2) is 6.44. The largest absolute Gasteiger partial charge is 0.452 e. The van der Waals surface area contributed by atoms with E-state index in [0.29, 0.717) is 23.2 Å². The summed E-state index contributed by atoms with van der Waals surface area (Å²) >= 11 is 0. The van der Waals surface area contributed by atoms with Crippen molar-refractivity contribution in [3.05, 3.63) is 65.7 Å². The van der Waals surface area contributed by atoms with Crippen molar-refractivity contribution in [1.82, 2.24) is 0 Å². The van der Waals surface area contributed by atoms with Crippen LogP contribution < -0.4 is 5.32 Å². The molecule has 2 aromatic rings. The predicted molar refractivity (Wildman–Crippen MR) is 84.1 cm³/mol. The number of carbonyl (C=O) groups excluding carboxylic acids is 3. The molecule has 3 rings (SSSR count). The molecule has 5 nitrogen and oxygen atoms in total. The number of esters is 1. The summed E-state index contributed by atoms with van der Waals surface area (Å²) in [5, 5.41) is 2.69. The molecule has 1 aliphatic rings. The fourth-order valence-corrected chi connectivity index (χ4v) is 2.46. The van der Waals surface area contributed by atoms with Gasteiger partial charge in [-0.05, 0) is 12.1 Å². The maximum atomic E-state index is 12.6. The first kappa shape index (κ1) is 15.0. The Balaban J connectivity index is 1.82. The molecule has 1 aliphatic heterocycles. The van der Waals surface area contributed by atoms with E-state index in [0.717, 1.165) is 0 Å². The molecule has 0 spiro atoms. The highest BCUT2D eigenvalue weighted by Crippen LogP contribution is 2.21. The lowest BCUT2D eigenvalue weighted by Crippen LogP contribution is -2.28. The molecule has 1 heterocycles. The summed E-state index contributed by atoms with van der Waals surface area (Å²) in [6.07, 6.45) is -0.190. The highest BCUT2D eigenvalue weighted by atomic mass is 16.6. The van der Waals surface area contributed by atoms with Crippen molar-refractivity contribution in [2.75, 3.05) is 5.32 Å². The molecule has 1 N–H and O–H groups in total. The van der Waals surface area contributed by atoms with Crippen LogP contribution in [0.15, 0.2) is 54.6 Å². The van der Waals surface area contributed by atoms with Gasteiger partial charge in [-0.15, -0.1) is 0 Å². The normalized spacial score (nSPS) is 16.7. The molecule has 1 unspecified atom stereocenters. The van der Waals surface area contributed by atoms with E-state index in [1.165, 1.54) is 0 Å². The average Bonchev–Trinajstić information content (AvgIpc) is 3.02. The summed E-state index contributed by atoms with van der Waals surface area (Å²) in [6, 6.07) is 15.6. The molecule has 116 valence electrons. The summed E-state index contributed by atoms with van der Waals surface area (Å²) in [6.45, 7) is 0. The van der Waals surface area contributed by atoms with E-state index < -0.39 is 12.0 Å². The summed E-state index contributed by atoms with van der Waals surface area (Å²) in [7, 11) is 0. The number of nitrogens with one attached hydrogen (secondary N) is 1. The van der Waals surface area contributed by atoms with Gasteiger partial charge < -0.3 is 10.1 Å². The van der Waals surface area contributed by atoms with Crippen LogP contribution >= 0.6 is 0 Å². The minimum Gasteiger partial charge on any atom is -0.452 e. The van der Waals surface area contributed by atoms with Crippen LogP contribution in [-0.4, -0.2) is 23.8 Å². The van der Waals surface area contributed by atoms with Gasteiger partial charge in [0, 0.05) is 24.0 Å². The number of ketones is 1. The lowest BCUT2D eigenvalue weighted by Gasteiger charge is -2.13. The van der Waals surface area contributed by atoms with Crippen LogP contribution in [0, 0.1) is 0 Å². The van der Waals surface area contributed by atoms with E-state index in [1.807, 2.05) is 6.07 Å². The maximum Gasteiger partial charge on any atom is 0.306 e. The average molecular weight is 309 g/mol. The molecule has 1 saturated heterocycles. The summed E-state index contributed by atoms with van der Waals surface area (Å²) in [4.78, 5) is 35.9. The highest BCUT2D eigenvalue weighted by Gasteiger charge is 2.30. The van der Waals surface area contributed by atoms with Gasteiger partial charge in [-0.25, -0.2) is 0 Å². The molecule has 1 fully saturated rings. The van der Waals surface area contributed by atoms with Gasteiger partial charge in [0.2, 0.25) is 0 Å². The van der Waals surface area contributed by atoms with Crippen LogP contribution in [-0.2, 0) is 14.3 Å². The Morgan fingerprint density at radius 1 is 1.00 bits per heavy atom. The first-order chi connectivity index (χ1) is 11.1. The Morgan fingerprint density at radius 3 is 2.39 bits per heavy atom.